The van der Waals surface area contributed by atoms with E-state index in [0.29, 0.717) is 10.6 Å². The van der Waals surface area contributed by atoms with E-state index in [1.54, 1.807) is 34.9 Å². The van der Waals surface area contributed by atoms with Gasteiger partial charge in [-0.1, -0.05) is 23.7 Å². The van der Waals surface area contributed by atoms with E-state index < -0.39 is 0 Å². The molecule has 0 radical (unpaired) electrons. The van der Waals surface area contributed by atoms with Crippen LogP contribution in [0.25, 0.3) is 11.1 Å². The van der Waals surface area contributed by atoms with Crippen LogP contribution in [0.5, 0.6) is 5.75 Å². The number of rotatable bonds is 3. The molecular formula is C19H19ClN2O3. The van der Waals surface area contributed by atoms with E-state index in [2.05, 4.69) is 4.90 Å². The fraction of sp³-hybridized carbons (Fsp3) is 0.316. The maximum absolute atomic E-state index is 12.3. The second-order valence-corrected chi connectivity index (χ2v) is 6.96. The van der Waals surface area contributed by atoms with Crippen LogP contribution in [-0.4, -0.2) is 27.7 Å². The highest BCUT2D eigenvalue weighted by molar-refractivity contribution is 6.31. The smallest absolute Gasteiger partial charge is 0.420 e. The molecule has 0 aliphatic carbocycles. The van der Waals surface area contributed by atoms with Gasteiger partial charge in [-0.05, 0) is 48.7 Å². The lowest BCUT2D eigenvalue weighted by Gasteiger charge is -2.32. The summed E-state index contributed by atoms with van der Waals surface area (Å²) in [5.41, 5.74) is 2.53. The van der Waals surface area contributed by atoms with Gasteiger partial charge in [0.2, 0.25) is 0 Å². The van der Waals surface area contributed by atoms with Gasteiger partial charge < -0.3 is 9.52 Å². The van der Waals surface area contributed by atoms with Gasteiger partial charge in [0.15, 0.2) is 5.58 Å². The number of hydrogen-bond donors (Lipinski definition) is 1. The molecule has 2 aromatic carbocycles. The van der Waals surface area contributed by atoms with E-state index in [-0.39, 0.29) is 17.5 Å². The van der Waals surface area contributed by atoms with Crippen LogP contribution >= 0.6 is 11.6 Å². The Morgan fingerprint density at radius 3 is 2.56 bits per heavy atom. The molecule has 1 fully saturated rings. The molecule has 6 heteroatoms. The third kappa shape index (κ3) is 3.30. The molecule has 0 atom stereocenters. The van der Waals surface area contributed by atoms with Crippen molar-refractivity contribution < 1.29 is 9.52 Å². The van der Waals surface area contributed by atoms with Gasteiger partial charge >= 0.3 is 5.76 Å². The summed E-state index contributed by atoms with van der Waals surface area (Å²) in [6.45, 7) is 2.66. The van der Waals surface area contributed by atoms with Crippen LogP contribution < -0.4 is 5.76 Å². The van der Waals surface area contributed by atoms with Crippen LogP contribution in [0, 0.1) is 0 Å². The van der Waals surface area contributed by atoms with Gasteiger partial charge in [-0.3, -0.25) is 9.47 Å². The van der Waals surface area contributed by atoms with Gasteiger partial charge in [0.25, 0.3) is 0 Å². The first kappa shape index (κ1) is 16.2. The maximum atomic E-state index is 12.3. The van der Waals surface area contributed by atoms with E-state index in [0.717, 1.165) is 38.0 Å². The first-order chi connectivity index (χ1) is 12.1. The number of nitrogens with zero attached hydrogens (tertiary/aromatic N) is 2. The Labute approximate surface area is 150 Å². The highest BCUT2D eigenvalue weighted by Crippen LogP contribution is 2.28. The number of hydrogen-bond acceptors (Lipinski definition) is 4. The summed E-state index contributed by atoms with van der Waals surface area (Å²) < 4.78 is 7.10. The first-order valence-electron chi connectivity index (χ1n) is 8.41. The summed E-state index contributed by atoms with van der Waals surface area (Å²) in [4.78, 5) is 14.6. The van der Waals surface area contributed by atoms with Gasteiger partial charge in [0.1, 0.15) is 5.75 Å². The van der Waals surface area contributed by atoms with Crippen molar-refractivity contribution in [1.29, 1.82) is 0 Å². The fourth-order valence-electron chi connectivity index (χ4n) is 3.55. The van der Waals surface area contributed by atoms with Crippen LogP contribution in [0.3, 0.4) is 0 Å². The van der Waals surface area contributed by atoms with Gasteiger partial charge in [0, 0.05) is 30.7 Å². The number of aromatic hydroxyl groups is 1. The second kappa shape index (κ2) is 6.58. The topological polar surface area (TPSA) is 58.6 Å². The normalized spacial score (nSPS) is 16.5. The Kier molecular flexibility index (Phi) is 4.27. The molecule has 5 nitrogen and oxygen atoms in total. The molecule has 0 bridgehead atoms. The summed E-state index contributed by atoms with van der Waals surface area (Å²) >= 11 is 6.08. The summed E-state index contributed by atoms with van der Waals surface area (Å²) in [6, 6.07) is 12.7. The van der Waals surface area contributed by atoms with Crippen molar-refractivity contribution in [3.8, 4) is 5.75 Å². The van der Waals surface area contributed by atoms with Crippen LogP contribution in [-0.2, 0) is 6.54 Å². The largest absolute Gasteiger partial charge is 0.508 e. The Morgan fingerprint density at radius 2 is 1.84 bits per heavy atom. The fourth-order valence-corrected chi connectivity index (χ4v) is 3.71. The van der Waals surface area contributed by atoms with Crippen molar-refractivity contribution in [2.75, 3.05) is 13.1 Å². The van der Waals surface area contributed by atoms with Gasteiger partial charge in [-0.15, -0.1) is 0 Å². The SMILES string of the molecule is O=c1oc2ccc(Cl)cc2n1C1CCN(Cc2ccc(O)cc2)CC1. The molecule has 1 aliphatic rings. The van der Waals surface area contributed by atoms with E-state index in [9.17, 15) is 9.90 Å². The van der Waals surface area contributed by atoms with E-state index >= 15 is 0 Å². The number of piperidine rings is 1. The molecule has 1 aromatic heterocycles. The van der Waals surface area contributed by atoms with Crippen LogP contribution in [0.2, 0.25) is 5.02 Å². The zero-order chi connectivity index (χ0) is 17.4. The zero-order valence-corrected chi connectivity index (χ0v) is 14.4. The van der Waals surface area contributed by atoms with Crippen molar-refractivity contribution in [1.82, 2.24) is 9.47 Å². The summed E-state index contributed by atoms with van der Waals surface area (Å²) in [6.07, 6.45) is 1.78. The third-order valence-electron chi connectivity index (χ3n) is 4.84. The molecule has 2 heterocycles. The standard InChI is InChI=1S/C19H19ClN2O3/c20-14-3-6-18-17(11-14)22(19(24)25-18)15-7-9-21(10-8-15)12-13-1-4-16(23)5-2-13/h1-6,11,15,23H,7-10,12H2. The summed E-state index contributed by atoms with van der Waals surface area (Å²) in [7, 11) is 0. The first-order valence-corrected chi connectivity index (χ1v) is 8.79. The average Bonchev–Trinajstić information content (AvgIpc) is 2.93. The minimum atomic E-state index is -0.311. The van der Waals surface area contributed by atoms with Crippen molar-refractivity contribution >= 4 is 22.7 Å². The highest BCUT2D eigenvalue weighted by Gasteiger charge is 2.24. The predicted molar refractivity (Wildman–Crippen MR) is 97.1 cm³/mol. The van der Waals surface area contributed by atoms with Crippen molar-refractivity contribution in [3.05, 3.63) is 63.6 Å². The molecule has 1 saturated heterocycles. The zero-order valence-electron chi connectivity index (χ0n) is 13.7. The number of phenols is 1. The molecule has 3 aromatic rings. The number of fused-ring (bicyclic) bond motifs is 1. The minimum absolute atomic E-state index is 0.128. The monoisotopic (exact) mass is 358 g/mol. The highest BCUT2D eigenvalue weighted by atomic mass is 35.5. The van der Waals surface area contributed by atoms with E-state index in [1.807, 2.05) is 12.1 Å². The van der Waals surface area contributed by atoms with Crippen LogP contribution in [0.15, 0.2) is 51.7 Å². The minimum Gasteiger partial charge on any atom is -0.508 e. The van der Waals surface area contributed by atoms with Gasteiger partial charge in [-0.25, -0.2) is 4.79 Å². The molecule has 0 unspecified atom stereocenters. The lowest BCUT2D eigenvalue weighted by atomic mass is 10.0. The Balaban J connectivity index is 1.49. The third-order valence-corrected chi connectivity index (χ3v) is 5.07. The quantitative estimate of drug-likeness (QED) is 0.773. The molecule has 0 saturated carbocycles. The summed E-state index contributed by atoms with van der Waals surface area (Å²) in [5, 5.41) is 9.97. The van der Waals surface area contributed by atoms with Crippen molar-refractivity contribution in [2.45, 2.75) is 25.4 Å². The number of aromatic nitrogens is 1. The van der Waals surface area contributed by atoms with E-state index in [1.165, 1.54) is 5.56 Å². The number of phenolic OH excluding ortho intramolecular Hbond substituents is 1. The molecular weight excluding hydrogens is 340 g/mol. The Bertz CT molecular complexity index is 937. The lowest BCUT2D eigenvalue weighted by molar-refractivity contribution is 0.177. The summed E-state index contributed by atoms with van der Waals surface area (Å²) in [5.74, 6) is -0.0263. The molecule has 130 valence electrons. The second-order valence-electron chi connectivity index (χ2n) is 6.52. The van der Waals surface area contributed by atoms with E-state index in [4.69, 9.17) is 16.0 Å². The molecule has 0 amide bonds. The number of benzene rings is 2. The molecule has 1 N–H and O–H groups in total. The van der Waals surface area contributed by atoms with Crippen molar-refractivity contribution in [2.24, 2.45) is 0 Å². The van der Waals surface area contributed by atoms with Crippen LogP contribution in [0.1, 0.15) is 24.4 Å². The Hall–Kier alpha value is -2.24. The molecule has 25 heavy (non-hydrogen) atoms. The van der Waals surface area contributed by atoms with Crippen LogP contribution in [0.4, 0.5) is 0 Å². The van der Waals surface area contributed by atoms with Gasteiger partial charge in [-0.2, -0.15) is 0 Å². The number of likely N-dealkylation sites (tertiary alicyclic amines) is 1. The van der Waals surface area contributed by atoms with Crippen molar-refractivity contribution in [3.63, 3.8) is 0 Å². The molecule has 4 rings (SSSR count). The van der Waals surface area contributed by atoms with Gasteiger partial charge in [0.05, 0.1) is 5.52 Å². The predicted octanol–water partition coefficient (Wildman–Crippen LogP) is 3.79. The molecule has 0 spiro atoms. The Morgan fingerprint density at radius 1 is 1.12 bits per heavy atom. The number of halogens is 1. The lowest BCUT2D eigenvalue weighted by Crippen LogP contribution is -2.36. The molecule has 1 aliphatic heterocycles. The maximum Gasteiger partial charge on any atom is 0.420 e. The number of oxazole rings is 1. The average molecular weight is 359 g/mol.